The zero-order valence-electron chi connectivity index (χ0n) is 17.9. The zero-order valence-corrected chi connectivity index (χ0v) is 17.9. The predicted molar refractivity (Wildman–Crippen MR) is 119 cm³/mol. The van der Waals surface area contributed by atoms with Crippen LogP contribution in [0.4, 0.5) is 5.69 Å². The highest BCUT2D eigenvalue weighted by molar-refractivity contribution is 5.77. The van der Waals surface area contributed by atoms with Crippen LogP contribution in [0.2, 0.25) is 0 Å². The average Bonchev–Trinajstić information content (AvgIpc) is 2.73. The molecule has 0 spiro atoms. The minimum Gasteiger partial charge on any atom is -0.484 e. The second-order valence-electron chi connectivity index (χ2n) is 8.58. The molecular weight excluding hydrogens is 362 g/mol. The number of carbonyl (C=O) groups excluding carboxylic acids is 1. The Morgan fingerprint density at radius 3 is 2.24 bits per heavy atom. The van der Waals surface area contributed by atoms with E-state index in [0.29, 0.717) is 6.54 Å². The second kappa shape index (κ2) is 9.79. The fourth-order valence-corrected chi connectivity index (χ4v) is 3.47. The molecule has 0 aromatic heterocycles. The number of hydrogen-bond donors (Lipinski definition) is 1. The van der Waals surface area contributed by atoms with Gasteiger partial charge in [0.05, 0.1) is 0 Å². The largest absolute Gasteiger partial charge is 0.484 e. The molecule has 1 aliphatic rings. The first-order valence-electron chi connectivity index (χ1n) is 10.4. The van der Waals surface area contributed by atoms with Crippen LogP contribution < -0.4 is 15.0 Å². The van der Waals surface area contributed by atoms with Crippen LogP contribution in [0.25, 0.3) is 0 Å². The van der Waals surface area contributed by atoms with Crippen LogP contribution in [0, 0.1) is 0 Å². The van der Waals surface area contributed by atoms with Crippen molar-refractivity contribution in [2.75, 3.05) is 50.8 Å². The fraction of sp³-hybridized carbons (Fsp3) is 0.458. The molecule has 3 rings (SSSR count). The number of para-hydroxylation sites is 1. The third-order valence-corrected chi connectivity index (χ3v) is 5.33. The molecule has 1 saturated heterocycles. The van der Waals surface area contributed by atoms with Crippen molar-refractivity contribution in [3.05, 3.63) is 60.2 Å². The lowest BCUT2D eigenvalue weighted by Crippen LogP contribution is -2.48. The normalized spacial score (nSPS) is 15.2. The van der Waals surface area contributed by atoms with Gasteiger partial charge in [-0.3, -0.25) is 9.69 Å². The standard InChI is InChI=1S/C24H33N3O2/c1-24(2,3)20-9-11-22(12-10-20)29-19-23(28)25-13-14-26-15-17-27(18-16-26)21-7-5-4-6-8-21/h4-12H,13-19H2,1-3H3,(H,25,28). The Labute approximate surface area is 174 Å². The summed E-state index contributed by atoms with van der Waals surface area (Å²) in [6.07, 6.45) is 0. The fourth-order valence-electron chi connectivity index (χ4n) is 3.47. The minimum absolute atomic E-state index is 0.0522. The van der Waals surface area contributed by atoms with E-state index < -0.39 is 0 Å². The summed E-state index contributed by atoms with van der Waals surface area (Å²) in [5.74, 6) is 0.651. The first-order chi connectivity index (χ1) is 13.9. The third-order valence-electron chi connectivity index (χ3n) is 5.33. The van der Waals surface area contributed by atoms with Crippen LogP contribution in [-0.2, 0) is 10.2 Å². The number of rotatable bonds is 7. The van der Waals surface area contributed by atoms with E-state index >= 15 is 0 Å². The van der Waals surface area contributed by atoms with Crippen molar-refractivity contribution in [1.29, 1.82) is 0 Å². The van der Waals surface area contributed by atoms with Gasteiger partial charge in [0.15, 0.2) is 6.61 Å². The van der Waals surface area contributed by atoms with Crippen LogP contribution in [-0.4, -0.2) is 56.7 Å². The minimum atomic E-state index is -0.0761. The molecule has 0 radical (unpaired) electrons. The highest BCUT2D eigenvalue weighted by Gasteiger charge is 2.17. The Balaban J connectivity index is 1.31. The second-order valence-corrected chi connectivity index (χ2v) is 8.58. The van der Waals surface area contributed by atoms with Gasteiger partial charge in [-0.15, -0.1) is 0 Å². The SMILES string of the molecule is CC(C)(C)c1ccc(OCC(=O)NCCN2CCN(c3ccccc3)CC2)cc1. The molecule has 1 amide bonds. The van der Waals surface area contributed by atoms with Crippen LogP contribution in [0.1, 0.15) is 26.3 Å². The Bertz CT molecular complexity index is 761. The highest BCUT2D eigenvalue weighted by Crippen LogP contribution is 2.24. The van der Waals surface area contributed by atoms with E-state index in [9.17, 15) is 4.79 Å². The molecule has 1 fully saturated rings. The van der Waals surface area contributed by atoms with Crippen molar-refractivity contribution in [2.24, 2.45) is 0 Å². The maximum atomic E-state index is 12.1. The van der Waals surface area contributed by atoms with E-state index in [4.69, 9.17) is 4.74 Å². The summed E-state index contributed by atoms with van der Waals surface area (Å²) in [7, 11) is 0. The molecule has 156 valence electrons. The molecule has 5 nitrogen and oxygen atoms in total. The molecule has 1 aliphatic heterocycles. The Kier molecular flexibility index (Phi) is 7.15. The van der Waals surface area contributed by atoms with Crippen molar-refractivity contribution in [2.45, 2.75) is 26.2 Å². The van der Waals surface area contributed by atoms with Gasteiger partial charge < -0.3 is 15.0 Å². The van der Waals surface area contributed by atoms with Crippen LogP contribution in [0.15, 0.2) is 54.6 Å². The highest BCUT2D eigenvalue weighted by atomic mass is 16.5. The monoisotopic (exact) mass is 395 g/mol. The quantitative estimate of drug-likeness (QED) is 0.781. The molecule has 0 aliphatic carbocycles. The topological polar surface area (TPSA) is 44.8 Å². The van der Waals surface area contributed by atoms with Crippen molar-refractivity contribution < 1.29 is 9.53 Å². The number of amides is 1. The number of piperazine rings is 1. The van der Waals surface area contributed by atoms with E-state index in [1.807, 2.05) is 18.2 Å². The number of anilines is 1. The Morgan fingerprint density at radius 1 is 0.966 bits per heavy atom. The zero-order chi connectivity index (χ0) is 20.7. The van der Waals surface area contributed by atoms with Gasteiger partial charge in [0, 0.05) is 45.0 Å². The number of nitrogens with zero attached hydrogens (tertiary/aromatic N) is 2. The molecule has 1 heterocycles. The predicted octanol–water partition coefficient (Wildman–Crippen LogP) is 3.30. The molecular formula is C24H33N3O2. The Morgan fingerprint density at radius 2 is 1.62 bits per heavy atom. The van der Waals surface area contributed by atoms with Gasteiger partial charge in [-0.1, -0.05) is 51.1 Å². The van der Waals surface area contributed by atoms with Gasteiger partial charge in [-0.05, 0) is 35.2 Å². The van der Waals surface area contributed by atoms with Gasteiger partial charge in [0.2, 0.25) is 0 Å². The number of carbonyl (C=O) groups is 1. The first kappa shape index (κ1) is 21.2. The lowest BCUT2D eigenvalue weighted by Gasteiger charge is -2.36. The van der Waals surface area contributed by atoms with Gasteiger partial charge in [-0.2, -0.15) is 0 Å². The summed E-state index contributed by atoms with van der Waals surface area (Å²) in [6, 6.07) is 18.5. The summed E-state index contributed by atoms with van der Waals surface area (Å²) in [5, 5.41) is 2.96. The molecule has 0 unspecified atom stereocenters. The number of hydrogen-bond acceptors (Lipinski definition) is 4. The lowest BCUT2D eigenvalue weighted by atomic mass is 9.87. The lowest BCUT2D eigenvalue weighted by molar-refractivity contribution is -0.123. The third kappa shape index (κ3) is 6.50. The van der Waals surface area contributed by atoms with Crippen LogP contribution in [0.5, 0.6) is 5.75 Å². The molecule has 1 N–H and O–H groups in total. The van der Waals surface area contributed by atoms with E-state index in [1.165, 1.54) is 11.3 Å². The Hall–Kier alpha value is -2.53. The molecule has 0 atom stereocenters. The van der Waals surface area contributed by atoms with Crippen LogP contribution in [0.3, 0.4) is 0 Å². The number of ether oxygens (including phenoxy) is 1. The van der Waals surface area contributed by atoms with E-state index in [1.54, 1.807) is 0 Å². The molecule has 0 bridgehead atoms. The van der Waals surface area contributed by atoms with Gasteiger partial charge in [0.25, 0.3) is 5.91 Å². The molecule has 2 aromatic carbocycles. The van der Waals surface area contributed by atoms with Crippen molar-refractivity contribution >= 4 is 11.6 Å². The van der Waals surface area contributed by atoms with E-state index in [2.05, 4.69) is 72.3 Å². The maximum absolute atomic E-state index is 12.1. The average molecular weight is 396 g/mol. The van der Waals surface area contributed by atoms with Crippen LogP contribution >= 0.6 is 0 Å². The number of benzene rings is 2. The van der Waals surface area contributed by atoms with Gasteiger partial charge >= 0.3 is 0 Å². The molecule has 2 aromatic rings. The summed E-state index contributed by atoms with van der Waals surface area (Å²) in [5.41, 5.74) is 2.65. The van der Waals surface area contributed by atoms with E-state index in [0.717, 1.165) is 38.5 Å². The summed E-state index contributed by atoms with van der Waals surface area (Å²) in [6.45, 7) is 12.2. The first-order valence-corrected chi connectivity index (χ1v) is 10.4. The van der Waals surface area contributed by atoms with Crippen molar-refractivity contribution in [3.8, 4) is 5.75 Å². The molecule has 0 saturated carbocycles. The molecule has 29 heavy (non-hydrogen) atoms. The van der Waals surface area contributed by atoms with Gasteiger partial charge in [0.1, 0.15) is 5.75 Å². The smallest absolute Gasteiger partial charge is 0.257 e. The summed E-state index contributed by atoms with van der Waals surface area (Å²) < 4.78 is 5.61. The maximum Gasteiger partial charge on any atom is 0.257 e. The summed E-state index contributed by atoms with van der Waals surface area (Å²) in [4.78, 5) is 16.9. The number of nitrogens with one attached hydrogen (secondary N) is 1. The molecule has 5 heteroatoms. The van der Waals surface area contributed by atoms with E-state index in [-0.39, 0.29) is 17.9 Å². The van der Waals surface area contributed by atoms with Crippen molar-refractivity contribution in [3.63, 3.8) is 0 Å². The van der Waals surface area contributed by atoms with Gasteiger partial charge in [-0.25, -0.2) is 0 Å². The van der Waals surface area contributed by atoms with Crippen molar-refractivity contribution in [1.82, 2.24) is 10.2 Å². The summed E-state index contributed by atoms with van der Waals surface area (Å²) >= 11 is 0.